The minimum absolute atomic E-state index is 0.133. The molecule has 1 saturated heterocycles. The van der Waals surface area contributed by atoms with Crippen molar-refractivity contribution < 1.29 is 9.18 Å². The molecule has 0 aliphatic carbocycles. The third-order valence-corrected chi connectivity index (χ3v) is 5.84. The van der Waals surface area contributed by atoms with Crippen molar-refractivity contribution in [1.82, 2.24) is 24.9 Å². The molecular formula is C26H30FN5O. The lowest BCUT2D eigenvalue weighted by atomic mass is 10.1. The summed E-state index contributed by atoms with van der Waals surface area (Å²) >= 11 is 0. The number of carbonyl (C=O) groups is 1. The number of hydrogen-bond donors (Lipinski definition) is 1. The molecule has 1 aliphatic rings. The second-order valence-corrected chi connectivity index (χ2v) is 8.34. The zero-order chi connectivity index (χ0) is 23.0. The molecular weight excluding hydrogens is 417 g/mol. The standard InChI is InChI=1S/C26H30FN5O/c1-30-16-18-31(19-17-30)15-5-14-28-25(33)13-10-22-20-32(24-6-3-2-4-7-24)29-26(22)21-8-11-23(27)12-9-21/h2-4,6-13,20H,5,14-19H2,1H3,(H,28,33). The van der Waals surface area contributed by atoms with Crippen molar-refractivity contribution in [1.29, 1.82) is 0 Å². The monoisotopic (exact) mass is 447 g/mol. The molecule has 3 aromatic rings. The van der Waals surface area contributed by atoms with Crippen LogP contribution in [0.1, 0.15) is 12.0 Å². The quantitative estimate of drug-likeness (QED) is 0.425. The van der Waals surface area contributed by atoms with Gasteiger partial charge in [-0.1, -0.05) is 18.2 Å². The van der Waals surface area contributed by atoms with Crippen molar-refractivity contribution in [3.8, 4) is 16.9 Å². The predicted molar refractivity (Wildman–Crippen MR) is 130 cm³/mol. The summed E-state index contributed by atoms with van der Waals surface area (Å²) in [5, 5.41) is 7.66. The molecule has 4 rings (SSSR count). The number of para-hydroxylation sites is 1. The first-order valence-corrected chi connectivity index (χ1v) is 11.4. The highest BCUT2D eigenvalue weighted by molar-refractivity contribution is 5.92. The SMILES string of the molecule is CN1CCN(CCCNC(=O)C=Cc2cn(-c3ccccc3)nc2-c2ccc(F)cc2)CC1. The van der Waals surface area contributed by atoms with E-state index in [0.717, 1.165) is 56.0 Å². The summed E-state index contributed by atoms with van der Waals surface area (Å²) in [5.74, 6) is -0.430. The van der Waals surface area contributed by atoms with Crippen LogP contribution in [-0.2, 0) is 4.79 Å². The molecule has 0 spiro atoms. The van der Waals surface area contributed by atoms with Gasteiger partial charge in [-0.25, -0.2) is 9.07 Å². The summed E-state index contributed by atoms with van der Waals surface area (Å²) < 4.78 is 15.2. The second-order valence-electron chi connectivity index (χ2n) is 8.34. The van der Waals surface area contributed by atoms with Gasteiger partial charge in [0, 0.05) is 56.1 Å². The van der Waals surface area contributed by atoms with Crippen molar-refractivity contribution >= 4 is 12.0 Å². The molecule has 1 aromatic heterocycles. The van der Waals surface area contributed by atoms with E-state index in [9.17, 15) is 9.18 Å². The zero-order valence-corrected chi connectivity index (χ0v) is 19.0. The number of hydrogen-bond acceptors (Lipinski definition) is 4. The van der Waals surface area contributed by atoms with Gasteiger partial charge in [0.1, 0.15) is 5.82 Å². The van der Waals surface area contributed by atoms with Crippen molar-refractivity contribution in [2.75, 3.05) is 46.3 Å². The molecule has 0 unspecified atom stereocenters. The summed E-state index contributed by atoms with van der Waals surface area (Å²) in [6.45, 7) is 6.01. The fraction of sp³-hybridized carbons (Fsp3) is 0.308. The Morgan fingerprint density at radius 2 is 1.79 bits per heavy atom. The molecule has 1 N–H and O–H groups in total. The number of likely N-dealkylation sites (N-methyl/N-ethyl adjacent to an activating group) is 1. The van der Waals surface area contributed by atoms with Gasteiger partial charge in [-0.05, 0) is 62.5 Å². The van der Waals surface area contributed by atoms with E-state index in [4.69, 9.17) is 5.10 Å². The van der Waals surface area contributed by atoms with Crippen molar-refractivity contribution in [3.05, 3.63) is 78.3 Å². The van der Waals surface area contributed by atoms with Gasteiger partial charge in [-0.3, -0.25) is 4.79 Å². The Hall–Kier alpha value is -3.29. The maximum atomic E-state index is 13.4. The van der Waals surface area contributed by atoms with Crippen LogP contribution in [0.4, 0.5) is 4.39 Å². The minimum Gasteiger partial charge on any atom is -0.353 e. The average Bonchev–Trinajstić information content (AvgIpc) is 3.27. The lowest BCUT2D eigenvalue weighted by Crippen LogP contribution is -2.45. The zero-order valence-electron chi connectivity index (χ0n) is 19.0. The van der Waals surface area contributed by atoms with Gasteiger partial charge in [0.15, 0.2) is 0 Å². The van der Waals surface area contributed by atoms with Crippen molar-refractivity contribution in [2.45, 2.75) is 6.42 Å². The van der Waals surface area contributed by atoms with Crippen LogP contribution in [0.25, 0.3) is 23.0 Å². The van der Waals surface area contributed by atoms with Gasteiger partial charge < -0.3 is 15.1 Å². The molecule has 0 bridgehead atoms. The van der Waals surface area contributed by atoms with E-state index in [1.54, 1.807) is 22.9 Å². The fourth-order valence-corrected chi connectivity index (χ4v) is 3.86. The first-order chi connectivity index (χ1) is 16.1. The molecule has 2 aromatic carbocycles. The number of carbonyl (C=O) groups excluding carboxylic acids is 1. The van der Waals surface area contributed by atoms with Crippen LogP contribution in [0.3, 0.4) is 0 Å². The molecule has 7 heteroatoms. The maximum Gasteiger partial charge on any atom is 0.244 e. The van der Waals surface area contributed by atoms with E-state index in [1.165, 1.54) is 18.2 Å². The van der Waals surface area contributed by atoms with Crippen LogP contribution < -0.4 is 5.32 Å². The normalized spacial score (nSPS) is 15.2. The molecule has 6 nitrogen and oxygen atoms in total. The number of nitrogens with zero attached hydrogens (tertiary/aromatic N) is 4. The third kappa shape index (κ3) is 6.37. The van der Waals surface area contributed by atoms with E-state index in [2.05, 4.69) is 22.2 Å². The maximum absolute atomic E-state index is 13.4. The van der Waals surface area contributed by atoms with Crippen LogP contribution in [-0.4, -0.2) is 71.8 Å². The summed E-state index contributed by atoms with van der Waals surface area (Å²) in [5.41, 5.74) is 3.18. The number of rotatable bonds is 8. The largest absolute Gasteiger partial charge is 0.353 e. The van der Waals surface area contributed by atoms with E-state index in [-0.39, 0.29) is 11.7 Å². The highest BCUT2D eigenvalue weighted by Crippen LogP contribution is 2.25. The Balaban J connectivity index is 1.40. The highest BCUT2D eigenvalue weighted by Gasteiger charge is 2.13. The van der Waals surface area contributed by atoms with Crippen LogP contribution in [0.15, 0.2) is 66.9 Å². The summed E-state index contributed by atoms with van der Waals surface area (Å²) in [6.07, 6.45) is 6.11. The minimum atomic E-state index is -0.297. The van der Waals surface area contributed by atoms with Crippen LogP contribution >= 0.6 is 0 Å². The number of amides is 1. The molecule has 2 heterocycles. The first kappa shape index (κ1) is 22.9. The molecule has 33 heavy (non-hydrogen) atoms. The number of piperazine rings is 1. The van der Waals surface area contributed by atoms with Gasteiger partial charge in [-0.15, -0.1) is 0 Å². The Kier molecular flexibility index (Phi) is 7.65. The smallest absolute Gasteiger partial charge is 0.244 e. The number of halogens is 1. The molecule has 172 valence electrons. The number of aromatic nitrogens is 2. The Morgan fingerprint density at radius 1 is 1.06 bits per heavy atom. The van der Waals surface area contributed by atoms with E-state index in [0.29, 0.717) is 12.2 Å². The third-order valence-electron chi connectivity index (χ3n) is 5.84. The van der Waals surface area contributed by atoms with Crippen LogP contribution in [0.2, 0.25) is 0 Å². The Morgan fingerprint density at radius 3 is 2.52 bits per heavy atom. The summed E-state index contributed by atoms with van der Waals surface area (Å²) in [7, 11) is 2.15. The van der Waals surface area contributed by atoms with Gasteiger partial charge in [0.2, 0.25) is 5.91 Å². The fourth-order valence-electron chi connectivity index (χ4n) is 3.86. The molecule has 1 aliphatic heterocycles. The number of nitrogens with one attached hydrogen (secondary N) is 1. The van der Waals surface area contributed by atoms with Gasteiger partial charge in [0.05, 0.1) is 11.4 Å². The Labute approximate surface area is 194 Å². The van der Waals surface area contributed by atoms with Gasteiger partial charge in [0.25, 0.3) is 0 Å². The van der Waals surface area contributed by atoms with Crippen molar-refractivity contribution in [2.24, 2.45) is 0 Å². The highest BCUT2D eigenvalue weighted by atomic mass is 19.1. The Bertz CT molecular complexity index is 1070. The number of benzene rings is 2. The lowest BCUT2D eigenvalue weighted by Gasteiger charge is -2.32. The van der Waals surface area contributed by atoms with E-state index >= 15 is 0 Å². The second kappa shape index (κ2) is 11.0. The summed E-state index contributed by atoms with van der Waals surface area (Å²) in [4.78, 5) is 17.2. The van der Waals surface area contributed by atoms with Crippen LogP contribution in [0, 0.1) is 5.82 Å². The molecule has 0 saturated carbocycles. The van der Waals surface area contributed by atoms with Crippen molar-refractivity contribution in [3.63, 3.8) is 0 Å². The first-order valence-electron chi connectivity index (χ1n) is 11.4. The average molecular weight is 448 g/mol. The predicted octanol–water partition coefficient (Wildman–Crippen LogP) is 3.45. The molecule has 1 fully saturated rings. The topological polar surface area (TPSA) is 53.4 Å². The van der Waals surface area contributed by atoms with Gasteiger partial charge >= 0.3 is 0 Å². The molecule has 0 radical (unpaired) electrons. The van der Waals surface area contributed by atoms with E-state index in [1.807, 2.05) is 36.5 Å². The van der Waals surface area contributed by atoms with E-state index < -0.39 is 0 Å². The molecule has 1 amide bonds. The lowest BCUT2D eigenvalue weighted by molar-refractivity contribution is -0.116. The van der Waals surface area contributed by atoms with Crippen LogP contribution in [0.5, 0.6) is 0 Å². The molecule has 0 atom stereocenters. The summed E-state index contributed by atoms with van der Waals surface area (Å²) in [6, 6.07) is 16.0. The van der Waals surface area contributed by atoms with Gasteiger partial charge in [-0.2, -0.15) is 5.10 Å².